The first-order chi connectivity index (χ1) is 9.09. The number of nitrogens with two attached hydrogens (primary N) is 1. The van der Waals surface area contributed by atoms with Gasteiger partial charge >= 0.3 is 0 Å². The van der Waals surface area contributed by atoms with Gasteiger partial charge in [-0.1, -0.05) is 0 Å². The monoisotopic (exact) mass is 274 g/mol. The fraction of sp³-hybridized carbons (Fsp3) is 0.429. The second kappa shape index (κ2) is 4.49. The normalized spacial score (nSPS) is 15.4. The summed E-state index contributed by atoms with van der Waals surface area (Å²) in [5.74, 6) is 0.932. The van der Waals surface area contributed by atoms with E-state index in [1.54, 1.807) is 11.3 Å². The fourth-order valence-electron chi connectivity index (χ4n) is 2.43. The third kappa shape index (κ3) is 1.89. The largest absolute Gasteiger partial charge is 0.397 e. The molecule has 4 nitrogen and oxygen atoms in total. The molecule has 0 saturated carbocycles. The molecule has 1 aliphatic rings. The molecule has 0 amide bonds. The molecule has 3 N–H and O–H groups in total. The molecule has 19 heavy (non-hydrogen) atoms. The third-order valence-corrected chi connectivity index (χ3v) is 4.89. The van der Waals surface area contributed by atoms with E-state index >= 15 is 0 Å². The molecule has 1 aliphatic heterocycles. The van der Waals surface area contributed by atoms with Gasteiger partial charge in [-0.3, -0.25) is 4.99 Å². The molecule has 3 heterocycles. The van der Waals surface area contributed by atoms with Crippen LogP contribution in [0, 0.1) is 20.8 Å². The maximum absolute atomic E-state index is 6.34. The lowest BCUT2D eigenvalue weighted by molar-refractivity contribution is 0.744. The Bertz CT molecular complexity index is 685. The lowest BCUT2D eigenvalue weighted by Crippen LogP contribution is -2.29. The molecule has 0 radical (unpaired) electrons. The van der Waals surface area contributed by atoms with Gasteiger partial charge in [0.2, 0.25) is 0 Å². The fourth-order valence-corrected chi connectivity index (χ4v) is 3.61. The van der Waals surface area contributed by atoms with Gasteiger partial charge < -0.3 is 11.1 Å². The highest BCUT2D eigenvalue weighted by atomic mass is 32.1. The second-order valence-electron chi connectivity index (χ2n) is 4.98. The van der Waals surface area contributed by atoms with E-state index in [1.165, 1.54) is 11.1 Å². The number of amidine groups is 1. The van der Waals surface area contributed by atoms with Crippen molar-refractivity contribution in [3.05, 3.63) is 21.7 Å². The van der Waals surface area contributed by atoms with E-state index in [-0.39, 0.29) is 0 Å². The average Bonchev–Trinajstić information content (AvgIpc) is 2.74. The number of aliphatic imine (C=N–C) groups is 1. The molecular formula is C14H18N4S. The van der Waals surface area contributed by atoms with Gasteiger partial charge in [0.25, 0.3) is 0 Å². The minimum absolute atomic E-state index is 0.821. The van der Waals surface area contributed by atoms with Crippen LogP contribution in [0.3, 0.4) is 0 Å². The Morgan fingerprint density at radius 2 is 2.00 bits per heavy atom. The lowest BCUT2D eigenvalue weighted by atomic mass is 10.1. The van der Waals surface area contributed by atoms with Crippen LogP contribution in [0.2, 0.25) is 0 Å². The van der Waals surface area contributed by atoms with Crippen molar-refractivity contribution >= 4 is 33.1 Å². The summed E-state index contributed by atoms with van der Waals surface area (Å²) in [4.78, 5) is 11.3. The van der Waals surface area contributed by atoms with E-state index in [1.807, 2.05) is 6.92 Å². The minimum Gasteiger partial charge on any atom is -0.397 e. The van der Waals surface area contributed by atoms with Gasteiger partial charge in [0, 0.05) is 24.2 Å². The van der Waals surface area contributed by atoms with Crippen LogP contribution in [0.1, 0.15) is 28.1 Å². The summed E-state index contributed by atoms with van der Waals surface area (Å²) >= 11 is 1.64. The van der Waals surface area contributed by atoms with E-state index in [4.69, 9.17) is 5.73 Å². The summed E-state index contributed by atoms with van der Waals surface area (Å²) in [6, 6.07) is 0. The van der Waals surface area contributed by atoms with Crippen molar-refractivity contribution in [2.45, 2.75) is 27.2 Å². The molecule has 0 fully saturated rings. The predicted octanol–water partition coefficient (Wildman–Crippen LogP) is 2.54. The van der Waals surface area contributed by atoms with Crippen LogP contribution in [-0.4, -0.2) is 23.9 Å². The predicted molar refractivity (Wildman–Crippen MR) is 82.3 cm³/mol. The first kappa shape index (κ1) is 12.4. The smallest absolute Gasteiger partial charge is 0.140 e. The van der Waals surface area contributed by atoms with Crippen molar-refractivity contribution in [2.24, 2.45) is 4.99 Å². The number of anilines is 1. The van der Waals surface area contributed by atoms with E-state index in [0.717, 1.165) is 51.8 Å². The van der Waals surface area contributed by atoms with Crippen LogP contribution in [0.15, 0.2) is 4.99 Å². The minimum atomic E-state index is 0.821. The molecule has 0 unspecified atom stereocenters. The zero-order valence-corrected chi connectivity index (χ0v) is 12.3. The van der Waals surface area contributed by atoms with Crippen LogP contribution < -0.4 is 11.1 Å². The van der Waals surface area contributed by atoms with Gasteiger partial charge in [-0.05, 0) is 38.3 Å². The van der Waals surface area contributed by atoms with Gasteiger partial charge in [-0.25, -0.2) is 4.98 Å². The zero-order valence-electron chi connectivity index (χ0n) is 11.5. The van der Waals surface area contributed by atoms with E-state index in [2.05, 4.69) is 29.1 Å². The Morgan fingerprint density at radius 3 is 2.68 bits per heavy atom. The van der Waals surface area contributed by atoms with Gasteiger partial charge in [0.15, 0.2) is 0 Å². The average molecular weight is 274 g/mol. The van der Waals surface area contributed by atoms with Crippen molar-refractivity contribution in [1.29, 1.82) is 0 Å². The standard InChI is InChI=1S/C14H18N4S/c1-7-8(2)10-11(15)12(13-16-5-4-6-17-13)19-14(10)18-9(7)3/h4-6,15H2,1-3H3,(H,16,17). The van der Waals surface area contributed by atoms with Crippen LogP contribution in [0.4, 0.5) is 5.69 Å². The van der Waals surface area contributed by atoms with E-state index < -0.39 is 0 Å². The molecule has 0 aliphatic carbocycles. The Morgan fingerprint density at radius 1 is 1.21 bits per heavy atom. The highest BCUT2D eigenvalue weighted by molar-refractivity contribution is 7.21. The van der Waals surface area contributed by atoms with Crippen molar-refractivity contribution in [3.8, 4) is 0 Å². The Hall–Kier alpha value is -1.62. The molecule has 0 bridgehead atoms. The van der Waals surface area contributed by atoms with Crippen LogP contribution in [0.5, 0.6) is 0 Å². The third-order valence-electron chi connectivity index (χ3n) is 3.79. The number of fused-ring (bicyclic) bond motifs is 1. The quantitative estimate of drug-likeness (QED) is 0.840. The summed E-state index contributed by atoms with van der Waals surface area (Å²) in [5.41, 5.74) is 10.7. The molecule has 3 rings (SSSR count). The van der Waals surface area contributed by atoms with Gasteiger partial charge in [-0.2, -0.15) is 0 Å². The summed E-state index contributed by atoms with van der Waals surface area (Å²) in [6.07, 6.45) is 1.09. The molecule has 5 heteroatoms. The van der Waals surface area contributed by atoms with Crippen LogP contribution in [0.25, 0.3) is 10.2 Å². The maximum Gasteiger partial charge on any atom is 0.140 e. The maximum atomic E-state index is 6.34. The Balaban J connectivity index is 2.26. The highest BCUT2D eigenvalue weighted by Gasteiger charge is 2.19. The molecule has 0 spiro atoms. The summed E-state index contributed by atoms with van der Waals surface area (Å²) in [6.45, 7) is 8.12. The number of thiophene rings is 1. The lowest BCUT2D eigenvalue weighted by Gasteiger charge is -2.13. The van der Waals surface area contributed by atoms with E-state index in [9.17, 15) is 0 Å². The number of aromatic nitrogens is 1. The molecule has 2 aromatic heterocycles. The zero-order chi connectivity index (χ0) is 13.6. The summed E-state index contributed by atoms with van der Waals surface area (Å²) in [5, 5.41) is 4.43. The summed E-state index contributed by atoms with van der Waals surface area (Å²) in [7, 11) is 0. The first-order valence-corrected chi connectivity index (χ1v) is 7.35. The second-order valence-corrected chi connectivity index (χ2v) is 5.98. The van der Waals surface area contributed by atoms with Crippen LogP contribution in [-0.2, 0) is 0 Å². The molecular weight excluding hydrogens is 256 g/mol. The number of nitrogen functional groups attached to an aromatic ring is 1. The van der Waals surface area contributed by atoms with E-state index in [0.29, 0.717) is 0 Å². The number of pyridine rings is 1. The SMILES string of the molecule is Cc1nc2sc(C3=NCCCN3)c(N)c2c(C)c1C. The highest BCUT2D eigenvalue weighted by Crippen LogP contribution is 2.36. The number of rotatable bonds is 1. The van der Waals surface area contributed by atoms with Crippen molar-refractivity contribution < 1.29 is 0 Å². The number of hydrogen-bond acceptors (Lipinski definition) is 5. The van der Waals surface area contributed by atoms with Gasteiger partial charge in [0.05, 0.1) is 10.6 Å². The molecule has 100 valence electrons. The van der Waals surface area contributed by atoms with Crippen LogP contribution >= 0.6 is 11.3 Å². The topological polar surface area (TPSA) is 63.3 Å². The summed E-state index contributed by atoms with van der Waals surface area (Å²) < 4.78 is 0. The number of nitrogens with one attached hydrogen (secondary N) is 1. The van der Waals surface area contributed by atoms with Gasteiger partial charge in [-0.15, -0.1) is 11.3 Å². The Labute approximate surface area is 116 Å². The van der Waals surface area contributed by atoms with Crippen molar-refractivity contribution in [2.75, 3.05) is 18.8 Å². The molecule has 0 atom stereocenters. The van der Waals surface area contributed by atoms with Crippen molar-refractivity contribution in [1.82, 2.24) is 10.3 Å². The first-order valence-electron chi connectivity index (χ1n) is 6.54. The number of hydrogen-bond donors (Lipinski definition) is 2. The molecule has 0 saturated heterocycles. The Kier molecular flexibility index (Phi) is 2.93. The van der Waals surface area contributed by atoms with Gasteiger partial charge in [0.1, 0.15) is 10.7 Å². The molecule has 2 aromatic rings. The number of aryl methyl sites for hydroxylation is 2. The van der Waals surface area contributed by atoms with Crippen molar-refractivity contribution in [3.63, 3.8) is 0 Å². The number of nitrogens with zero attached hydrogens (tertiary/aromatic N) is 2. The molecule has 0 aromatic carbocycles.